The van der Waals surface area contributed by atoms with E-state index in [0.717, 1.165) is 6.42 Å². The van der Waals surface area contributed by atoms with Crippen LogP contribution in [0.25, 0.3) is 0 Å². The molecule has 1 aliphatic carbocycles. The molecule has 4 nitrogen and oxygen atoms in total. The number of hydrogen-bond acceptors (Lipinski definition) is 2. The summed E-state index contributed by atoms with van der Waals surface area (Å²) in [5.74, 6) is 0.197. The van der Waals surface area contributed by atoms with Crippen molar-refractivity contribution >= 4 is 23.4 Å². The fourth-order valence-corrected chi connectivity index (χ4v) is 2.62. The topological polar surface area (TPSA) is 58.2 Å². The van der Waals surface area contributed by atoms with Crippen molar-refractivity contribution in [3.63, 3.8) is 0 Å². The van der Waals surface area contributed by atoms with Crippen molar-refractivity contribution in [3.05, 3.63) is 34.9 Å². The summed E-state index contributed by atoms with van der Waals surface area (Å²) in [6.07, 6.45) is 6.38. The van der Waals surface area contributed by atoms with Crippen molar-refractivity contribution in [1.29, 1.82) is 0 Å². The molecular formula is C15H19ClN2O2. The van der Waals surface area contributed by atoms with Crippen molar-refractivity contribution in [2.45, 2.75) is 38.5 Å². The zero-order valence-corrected chi connectivity index (χ0v) is 12.1. The Bertz CT molecular complexity index is 467. The van der Waals surface area contributed by atoms with Crippen LogP contribution in [-0.4, -0.2) is 11.8 Å². The Balaban J connectivity index is 1.69. The van der Waals surface area contributed by atoms with Crippen molar-refractivity contribution < 1.29 is 9.59 Å². The van der Waals surface area contributed by atoms with Gasteiger partial charge in [0, 0.05) is 17.0 Å². The summed E-state index contributed by atoms with van der Waals surface area (Å²) in [5, 5.41) is 0.571. The molecule has 0 heterocycles. The van der Waals surface area contributed by atoms with E-state index in [-0.39, 0.29) is 11.8 Å². The van der Waals surface area contributed by atoms with Gasteiger partial charge in [-0.3, -0.25) is 20.4 Å². The van der Waals surface area contributed by atoms with E-state index in [4.69, 9.17) is 11.6 Å². The summed E-state index contributed by atoms with van der Waals surface area (Å²) < 4.78 is 0. The van der Waals surface area contributed by atoms with Crippen LogP contribution in [-0.2, 0) is 4.79 Å². The van der Waals surface area contributed by atoms with Gasteiger partial charge in [0.05, 0.1) is 0 Å². The van der Waals surface area contributed by atoms with Crippen LogP contribution in [0.4, 0.5) is 0 Å². The van der Waals surface area contributed by atoms with Gasteiger partial charge in [0.15, 0.2) is 0 Å². The number of rotatable bonds is 4. The van der Waals surface area contributed by atoms with Gasteiger partial charge in [0.25, 0.3) is 5.91 Å². The Hall–Kier alpha value is -1.55. The predicted octanol–water partition coefficient (Wildman–Crippen LogP) is 3.07. The Morgan fingerprint density at radius 3 is 2.40 bits per heavy atom. The molecule has 2 rings (SSSR count). The largest absolute Gasteiger partial charge is 0.273 e. The average molecular weight is 295 g/mol. The lowest BCUT2D eigenvalue weighted by molar-refractivity contribution is -0.122. The van der Waals surface area contributed by atoms with Gasteiger partial charge in [0.2, 0.25) is 5.91 Å². The van der Waals surface area contributed by atoms with E-state index in [0.29, 0.717) is 22.9 Å². The third-order valence-electron chi connectivity index (χ3n) is 3.68. The lowest BCUT2D eigenvalue weighted by atomic mass is 10.0. The quantitative estimate of drug-likeness (QED) is 0.839. The Labute approximate surface area is 123 Å². The maximum Gasteiger partial charge on any atom is 0.269 e. The first-order valence-corrected chi connectivity index (χ1v) is 7.37. The zero-order chi connectivity index (χ0) is 14.4. The number of hydrazine groups is 1. The third-order valence-corrected chi connectivity index (χ3v) is 3.93. The molecule has 0 saturated heterocycles. The molecule has 1 aromatic rings. The summed E-state index contributed by atoms with van der Waals surface area (Å²) in [6.45, 7) is 0. The van der Waals surface area contributed by atoms with E-state index in [2.05, 4.69) is 10.9 Å². The first kappa shape index (κ1) is 14.9. The van der Waals surface area contributed by atoms with Crippen molar-refractivity contribution in [2.24, 2.45) is 5.92 Å². The molecule has 0 radical (unpaired) electrons. The number of amides is 2. The highest BCUT2D eigenvalue weighted by atomic mass is 35.5. The Kier molecular flexibility index (Phi) is 5.41. The van der Waals surface area contributed by atoms with Crippen LogP contribution in [0, 0.1) is 5.92 Å². The molecule has 20 heavy (non-hydrogen) atoms. The van der Waals surface area contributed by atoms with E-state index in [1.807, 2.05) is 0 Å². The van der Waals surface area contributed by atoms with Crippen LogP contribution < -0.4 is 10.9 Å². The molecule has 5 heteroatoms. The van der Waals surface area contributed by atoms with Gasteiger partial charge in [-0.1, -0.05) is 37.3 Å². The molecule has 0 atom stereocenters. The minimum Gasteiger partial charge on any atom is -0.273 e. The van der Waals surface area contributed by atoms with E-state index in [1.165, 1.54) is 25.7 Å². The van der Waals surface area contributed by atoms with Crippen molar-refractivity contribution in [1.82, 2.24) is 10.9 Å². The first-order chi connectivity index (χ1) is 9.65. The molecule has 0 spiro atoms. The molecule has 1 saturated carbocycles. The fraction of sp³-hybridized carbons (Fsp3) is 0.467. The summed E-state index contributed by atoms with van der Waals surface area (Å²) in [5.41, 5.74) is 5.32. The fourth-order valence-electron chi connectivity index (χ4n) is 2.50. The summed E-state index contributed by atoms with van der Waals surface area (Å²) >= 11 is 5.75. The number of benzene rings is 1. The SMILES string of the molecule is O=C(CCC1CCCC1)NNC(=O)c1ccc(Cl)cc1. The smallest absolute Gasteiger partial charge is 0.269 e. The van der Waals surface area contributed by atoms with Gasteiger partial charge >= 0.3 is 0 Å². The van der Waals surface area contributed by atoms with Crippen LogP contribution in [0.15, 0.2) is 24.3 Å². The summed E-state index contributed by atoms with van der Waals surface area (Å²) in [6, 6.07) is 6.50. The van der Waals surface area contributed by atoms with Gasteiger partial charge in [-0.05, 0) is 36.6 Å². The lowest BCUT2D eigenvalue weighted by Gasteiger charge is -2.10. The number of carbonyl (C=O) groups excluding carboxylic acids is 2. The van der Waals surface area contributed by atoms with Crippen molar-refractivity contribution in [3.8, 4) is 0 Å². The molecular weight excluding hydrogens is 276 g/mol. The standard InChI is InChI=1S/C15H19ClN2O2/c16-13-8-6-12(7-9-13)15(20)18-17-14(19)10-5-11-3-1-2-4-11/h6-9,11H,1-5,10H2,(H,17,19)(H,18,20). The molecule has 2 N–H and O–H groups in total. The second-order valence-corrected chi connectivity index (χ2v) is 5.63. The molecule has 0 aliphatic heterocycles. The maximum absolute atomic E-state index is 11.8. The minimum absolute atomic E-state index is 0.140. The molecule has 1 aromatic carbocycles. The Morgan fingerprint density at radius 2 is 1.75 bits per heavy atom. The monoisotopic (exact) mass is 294 g/mol. The normalized spacial score (nSPS) is 15.1. The number of carbonyl (C=O) groups is 2. The highest BCUT2D eigenvalue weighted by Gasteiger charge is 2.16. The zero-order valence-electron chi connectivity index (χ0n) is 11.3. The highest BCUT2D eigenvalue weighted by molar-refractivity contribution is 6.30. The number of hydrogen-bond donors (Lipinski definition) is 2. The summed E-state index contributed by atoms with van der Waals surface area (Å²) in [4.78, 5) is 23.4. The van der Waals surface area contributed by atoms with Gasteiger partial charge in [-0.2, -0.15) is 0 Å². The van der Waals surface area contributed by atoms with Crippen LogP contribution in [0.2, 0.25) is 5.02 Å². The molecule has 1 fully saturated rings. The number of nitrogens with one attached hydrogen (secondary N) is 2. The van der Waals surface area contributed by atoms with E-state index >= 15 is 0 Å². The maximum atomic E-state index is 11.8. The average Bonchev–Trinajstić information content (AvgIpc) is 2.96. The first-order valence-electron chi connectivity index (χ1n) is 7.00. The minimum atomic E-state index is -0.337. The van der Waals surface area contributed by atoms with E-state index in [9.17, 15) is 9.59 Å². The second kappa shape index (κ2) is 7.29. The van der Waals surface area contributed by atoms with Gasteiger partial charge in [-0.25, -0.2) is 0 Å². The Morgan fingerprint density at radius 1 is 1.10 bits per heavy atom. The van der Waals surface area contributed by atoms with Crippen LogP contribution in [0.5, 0.6) is 0 Å². The molecule has 2 amide bonds. The van der Waals surface area contributed by atoms with Gasteiger partial charge in [0.1, 0.15) is 0 Å². The van der Waals surface area contributed by atoms with Crippen LogP contribution in [0.1, 0.15) is 48.9 Å². The second-order valence-electron chi connectivity index (χ2n) is 5.20. The summed E-state index contributed by atoms with van der Waals surface area (Å²) in [7, 11) is 0. The lowest BCUT2D eigenvalue weighted by Crippen LogP contribution is -2.41. The highest BCUT2D eigenvalue weighted by Crippen LogP contribution is 2.28. The third kappa shape index (κ3) is 4.53. The van der Waals surface area contributed by atoms with E-state index < -0.39 is 0 Å². The van der Waals surface area contributed by atoms with Gasteiger partial charge in [-0.15, -0.1) is 0 Å². The molecule has 0 aromatic heterocycles. The number of halogens is 1. The molecule has 0 unspecified atom stereocenters. The van der Waals surface area contributed by atoms with Gasteiger partial charge < -0.3 is 0 Å². The van der Waals surface area contributed by atoms with E-state index in [1.54, 1.807) is 24.3 Å². The predicted molar refractivity (Wildman–Crippen MR) is 78.3 cm³/mol. The van der Waals surface area contributed by atoms with Crippen LogP contribution in [0.3, 0.4) is 0 Å². The molecule has 0 bridgehead atoms. The molecule has 108 valence electrons. The molecule has 1 aliphatic rings. The van der Waals surface area contributed by atoms with Crippen LogP contribution >= 0.6 is 11.6 Å². The van der Waals surface area contributed by atoms with Crippen molar-refractivity contribution in [2.75, 3.05) is 0 Å².